The predicted octanol–water partition coefficient (Wildman–Crippen LogP) is 4.04. The number of benzene rings is 1. The third-order valence-electron chi connectivity index (χ3n) is 3.28. The van der Waals surface area contributed by atoms with Crippen molar-refractivity contribution in [1.29, 1.82) is 0 Å². The van der Waals surface area contributed by atoms with Crippen molar-refractivity contribution in [3.63, 3.8) is 0 Å². The third kappa shape index (κ3) is 3.59. The van der Waals surface area contributed by atoms with Crippen LogP contribution in [0.15, 0.2) is 27.6 Å². The quantitative estimate of drug-likeness (QED) is 0.834. The lowest BCUT2D eigenvalue weighted by Gasteiger charge is -2.14. The molecule has 2 aromatic rings. The largest absolute Gasteiger partial charge is 0.361 e. The van der Waals surface area contributed by atoms with Crippen LogP contribution in [0.25, 0.3) is 0 Å². The molecule has 0 aliphatic carbocycles. The second kappa shape index (κ2) is 6.83. The Balaban J connectivity index is 2.02. The van der Waals surface area contributed by atoms with Crippen molar-refractivity contribution in [2.75, 3.05) is 11.6 Å². The zero-order chi connectivity index (χ0) is 16.3. The van der Waals surface area contributed by atoms with Gasteiger partial charge in [0, 0.05) is 16.1 Å². The second-order valence-electron chi connectivity index (χ2n) is 4.91. The van der Waals surface area contributed by atoms with E-state index in [0.717, 1.165) is 11.3 Å². The van der Waals surface area contributed by atoms with Crippen molar-refractivity contribution in [3.05, 3.63) is 41.0 Å². The SMILES string of the molecule is CSc1ccc(NC(=O)N[C@H](C)c2c(C)noc2C)cc1F. The molecule has 0 aliphatic rings. The summed E-state index contributed by atoms with van der Waals surface area (Å²) in [5.41, 5.74) is 1.98. The highest BCUT2D eigenvalue weighted by molar-refractivity contribution is 7.98. The first kappa shape index (κ1) is 16.4. The molecule has 22 heavy (non-hydrogen) atoms. The first-order valence-corrected chi connectivity index (χ1v) is 7.98. The van der Waals surface area contributed by atoms with Crippen LogP contribution in [0, 0.1) is 19.7 Å². The minimum atomic E-state index is -0.413. The fourth-order valence-electron chi connectivity index (χ4n) is 2.29. The molecule has 2 amide bonds. The molecule has 0 saturated carbocycles. The molecule has 1 aromatic carbocycles. The van der Waals surface area contributed by atoms with Crippen molar-refractivity contribution < 1.29 is 13.7 Å². The van der Waals surface area contributed by atoms with Crippen molar-refractivity contribution >= 4 is 23.5 Å². The van der Waals surface area contributed by atoms with Gasteiger partial charge in [-0.3, -0.25) is 0 Å². The van der Waals surface area contributed by atoms with Gasteiger partial charge in [0.1, 0.15) is 11.6 Å². The number of nitrogens with one attached hydrogen (secondary N) is 2. The lowest BCUT2D eigenvalue weighted by Crippen LogP contribution is -2.31. The molecule has 7 heteroatoms. The van der Waals surface area contributed by atoms with Gasteiger partial charge < -0.3 is 15.2 Å². The number of halogens is 1. The van der Waals surface area contributed by atoms with Crippen LogP contribution in [0.5, 0.6) is 0 Å². The molecule has 0 aliphatic heterocycles. The topological polar surface area (TPSA) is 67.2 Å². The minimum Gasteiger partial charge on any atom is -0.361 e. The number of urea groups is 1. The summed E-state index contributed by atoms with van der Waals surface area (Å²) in [5.74, 6) is 0.310. The summed E-state index contributed by atoms with van der Waals surface area (Å²) in [7, 11) is 0. The maximum Gasteiger partial charge on any atom is 0.319 e. The van der Waals surface area contributed by atoms with E-state index in [-0.39, 0.29) is 11.9 Å². The fraction of sp³-hybridized carbons (Fsp3) is 0.333. The standard InChI is InChI=1S/C15H18FN3O2S/c1-8(14-9(2)19-21-10(14)3)17-15(20)18-11-5-6-13(22-4)12(16)7-11/h5-8H,1-4H3,(H2,17,18,20)/t8-/m1/s1. The number of anilines is 1. The summed E-state index contributed by atoms with van der Waals surface area (Å²) < 4.78 is 18.8. The molecule has 118 valence electrons. The fourth-order valence-corrected chi connectivity index (χ4v) is 2.75. The van der Waals surface area contributed by atoms with Crippen LogP contribution in [0.1, 0.15) is 30.0 Å². The van der Waals surface area contributed by atoms with Gasteiger partial charge in [-0.2, -0.15) is 0 Å². The summed E-state index contributed by atoms with van der Waals surface area (Å²) in [6, 6.07) is 3.92. The molecule has 0 radical (unpaired) electrons. The molecule has 1 aromatic heterocycles. The zero-order valence-electron chi connectivity index (χ0n) is 12.9. The molecule has 5 nitrogen and oxygen atoms in total. The van der Waals surface area contributed by atoms with Crippen LogP contribution in [0.4, 0.5) is 14.9 Å². The van der Waals surface area contributed by atoms with Gasteiger partial charge in [-0.05, 0) is 45.2 Å². The zero-order valence-corrected chi connectivity index (χ0v) is 13.7. The first-order chi connectivity index (χ1) is 10.4. The Morgan fingerprint density at radius 1 is 1.41 bits per heavy atom. The van der Waals surface area contributed by atoms with Crippen LogP contribution in [0.2, 0.25) is 0 Å². The van der Waals surface area contributed by atoms with Gasteiger partial charge in [0.2, 0.25) is 0 Å². The van der Waals surface area contributed by atoms with Crippen molar-refractivity contribution in [2.45, 2.75) is 31.7 Å². The summed E-state index contributed by atoms with van der Waals surface area (Å²) in [5, 5.41) is 9.26. The van der Waals surface area contributed by atoms with E-state index < -0.39 is 6.03 Å². The molecular weight excluding hydrogens is 305 g/mol. The van der Waals surface area contributed by atoms with Gasteiger partial charge in [-0.15, -0.1) is 11.8 Å². The van der Waals surface area contributed by atoms with Crippen LogP contribution in [-0.4, -0.2) is 17.4 Å². The molecule has 2 N–H and O–H groups in total. The monoisotopic (exact) mass is 323 g/mol. The van der Waals surface area contributed by atoms with Gasteiger partial charge in [0.25, 0.3) is 0 Å². The lowest BCUT2D eigenvalue weighted by atomic mass is 10.1. The lowest BCUT2D eigenvalue weighted by molar-refractivity contribution is 0.249. The van der Waals surface area contributed by atoms with Crippen LogP contribution < -0.4 is 10.6 Å². The molecule has 0 spiro atoms. The van der Waals surface area contributed by atoms with E-state index in [9.17, 15) is 9.18 Å². The third-order valence-corrected chi connectivity index (χ3v) is 4.05. The van der Waals surface area contributed by atoms with E-state index in [0.29, 0.717) is 16.3 Å². The number of amides is 2. The first-order valence-electron chi connectivity index (χ1n) is 6.76. The number of hydrogen-bond acceptors (Lipinski definition) is 4. The molecule has 1 heterocycles. The molecule has 0 unspecified atom stereocenters. The molecule has 0 saturated heterocycles. The van der Waals surface area contributed by atoms with Gasteiger partial charge in [-0.25, -0.2) is 9.18 Å². The van der Waals surface area contributed by atoms with Gasteiger partial charge in [0.05, 0.1) is 11.7 Å². The molecule has 2 rings (SSSR count). The highest BCUT2D eigenvalue weighted by atomic mass is 32.2. The van der Waals surface area contributed by atoms with Gasteiger partial charge >= 0.3 is 6.03 Å². The minimum absolute atomic E-state index is 0.262. The number of carbonyl (C=O) groups is 1. The highest BCUT2D eigenvalue weighted by Gasteiger charge is 2.18. The van der Waals surface area contributed by atoms with Crippen molar-refractivity contribution in [2.24, 2.45) is 0 Å². The summed E-state index contributed by atoms with van der Waals surface area (Å²) >= 11 is 1.31. The van der Waals surface area contributed by atoms with Crippen LogP contribution >= 0.6 is 11.8 Å². The van der Waals surface area contributed by atoms with Gasteiger partial charge in [-0.1, -0.05) is 5.16 Å². The van der Waals surface area contributed by atoms with Gasteiger partial charge in [0.15, 0.2) is 0 Å². The Morgan fingerprint density at radius 3 is 2.68 bits per heavy atom. The number of carbonyl (C=O) groups excluding carboxylic acids is 1. The van der Waals surface area contributed by atoms with Crippen LogP contribution in [-0.2, 0) is 0 Å². The van der Waals surface area contributed by atoms with E-state index in [1.54, 1.807) is 25.3 Å². The summed E-state index contributed by atoms with van der Waals surface area (Å²) in [6.45, 7) is 5.45. The molecule has 0 bridgehead atoms. The number of rotatable bonds is 4. The maximum absolute atomic E-state index is 13.7. The second-order valence-corrected chi connectivity index (χ2v) is 5.76. The number of hydrogen-bond donors (Lipinski definition) is 2. The predicted molar refractivity (Wildman–Crippen MR) is 84.7 cm³/mol. The average Bonchev–Trinajstić information content (AvgIpc) is 2.78. The van der Waals surface area contributed by atoms with Crippen molar-refractivity contribution in [3.8, 4) is 0 Å². The Morgan fingerprint density at radius 2 is 2.14 bits per heavy atom. The Labute approximate surface area is 132 Å². The molecule has 1 atom stereocenters. The number of aromatic nitrogens is 1. The summed E-state index contributed by atoms with van der Waals surface area (Å²) in [4.78, 5) is 12.5. The van der Waals surface area contributed by atoms with E-state index >= 15 is 0 Å². The van der Waals surface area contributed by atoms with E-state index in [1.165, 1.54) is 17.8 Å². The van der Waals surface area contributed by atoms with E-state index in [2.05, 4.69) is 15.8 Å². The smallest absolute Gasteiger partial charge is 0.319 e. The maximum atomic E-state index is 13.7. The summed E-state index contributed by atoms with van der Waals surface area (Å²) in [6.07, 6.45) is 1.80. The molecule has 0 fully saturated rings. The Bertz CT molecular complexity index is 668. The molecular formula is C15H18FN3O2S. The average molecular weight is 323 g/mol. The van der Waals surface area contributed by atoms with Crippen molar-refractivity contribution in [1.82, 2.24) is 10.5 Å². The number of nitrogens with zero attached hydrogens (tertiary/aromatic N) is 1. The Kier molecular flexibility index (Phi) is 5.07. The number of thioether (sulfide) groups is 1. The van der Waals surface area contributed by atoms with Crippen LogP contribution in [0.3, 0.4) is 0 Å². The van der Waals surface area contributed by atoms with E-state index in [1.807, 2.05) is 13.8 Å². The Hall–Kier alpha value is -2.02. The van der Waals surface area contributed by atoms with E-state index in [4.69, 9.17) is 4.52 Å². The highest BCUT2D eigenvalue weighted by Crippen LogP contribution is 2.23. The number of aryl methyl sites for hydroxylation is 2. The normalized spacial score (nSPS) is 12.0.